The highest BCUT2D eigenvalue weighted by molar-refractivity contribution is 5.75. The van der Waals surface area contributed by atoms with Crippen LogP contribution in [0.15, 0.2) is 29.2 Å². The largest absolute Gasteiger partial charge is 0.493 e. The Kier molecular flexibility index (Phi) is 3.68. The second-order valence-electron chi connectivity index (χ2n) is 4.66. The number of hydrogen-bond acceptors (Lipinski definition) is 5. The average Bonchev–Trinajstić information content (AvgIpc) is 2.89. The summed E-state index contributed by atoms with van der Waals surface area (Å²) in [5.41, 5.74) is 0.916. The Morgan fingerprint density at radius 3 is 2.78 bits per heavy atom. The first-order valence-electron chi connectivity index (χ1n) is 6.55. The van der Waals surface area contributed by atoms with Gasteiger partial charge in [-0.2, -0.15) is 13.9 Å². The third-order valence-corrected chi connectivity index (χ3v) is 3.25. The van der Waals surface area contributed by atoms with Crippen LogP contribution < -0.4 is 15.0 Å². The Morgan fingerprint density at radius 2 is 2.09 bits per heavy atom. The van der Waals surface area contributed by atoms with E-state index in [-0.39, 0.29) is 22.9 Å². The van der Waals surface area contributed by atoms with E-state index in [4.69, 9.17) is 4.74 Å². The fourth-order valence-electron chi connectivity index (χ4n) is 2.23. The van der Waals surface area contributed by atoms with Crippen LogP contribution in [0, 0.1) is 0 Å². The van der Waals surface area contributed by atoms with Crippen LogP contribution >= 0.6 is 0 Å². The summed E-state index contributed by atoms with van der Waals surface area (Å²) in [6.45, 7) is -2.96. The van der Waals surface area contributed by atoms with Crippen molar-refractivity contribution in [2.24, 2.45) is 7.05 Å². The number of aromatic amines is 1. The summed E-state index contributed by atoms with van der Waals surface area (Å²) in [6.07, 6.45) is 1.47. The number of methoxy groups -OCH3 is 1. The van der Waals surface area contributed by atoms with Gasteiger partial charge in [0, 0.05) is 12.6 Å². The number of fused-ring (bicyclic) bond motifs is 1. The summed E-state index contributed by atoms with van der Waals surface area (Å²) in [5.74, 6) is 0.283. The molecule has 0 saturated heterocycles. The Labute approximate surface area is 128 Å². The van der Waals surface area contributed by atoms with E-state index in [0.717, 1.165) is 0 Å². The fourth-order valence-corrected chi connectivity index (χ4v) is 2.23. The Morgan fingerprint density at radius 1 is 1.30 bits per heavy atom. The van der Waals surface area contributed by atoms with Crippen molar-refractivity contribution in [1.82, 2.24) is 19.7 Å². The fraction of sp³-hybridized carbons (Fsp3) is 0.214. The van der Waals surface area contributed by atoms with E-state index >= 15 is 0 Å². The van der Waals surface area contributed by atoms with Gasteiger partial charge in [-0.3, -0.25) is 9.48 Å². The van der Waals surface area contributed by atoms with Crippen LogP contribution in [0.3, 0.4) is 0 Å². The van der Waals surface area contributed by atoms with Gasteiger partial charge >= 0.3 is 6.61 Å². The van der Waals surface area contributed by atoms with Crippen LogP contribution in [0.2, 0.25) is 0 Å². The minimum atomic E-state index is -2.96. The molecule has 0 radical (unpaired) electrons. The number of aryl methyl sites for hydroxylation is 1. The van der Waals surface area contributed by atoms with E-state index in [1.807, 2.05) is 0 Å². The van der Waals surface area contributed by atoms with Crippen molar-refractivity contribution in [3.8, 4) is 22.9 Å². The van der Waals surface area contributed by atoms with Crippen molar-refractivity contribution in [2.45, 2.75) is 6.61 Å². The van der Waals surface area contributed by atoms with Crippen LogP contribution in [0.25, 0.3) is 22.4 Å². The molecule has 120 valence electrons. The molecule has 0 atom stereocenters. The number of nitrogens with one attached hydrogen (secondary N) is 1. The number of nitrogens with zero attached hydrogens (tertiary/aromatic N) is 3. The van der Waals surface area contributed by atoms with Gasteiger partial charge in [0.05, 0.1) is 13.3 Å². The molecule has 3 rings (SSSR count). The molecule has 2 aromatic heterocycles. The Balaban J connectivity index is 2.10. The number of ether oxygens (including phenoxy) is 2. The number of halogens is 2. The number of aromatic nitrogens is 4. The predicted octanol–water partition coefficient (Wildman–Crippen LogP) is 1.93. The van der Waals surface area contributed by atoms with Crippen molar-refractivity contribution < 1.29 is 18.3 Å². The molecule has 0 bridgehead atoms. The molecule has 0 spiro atoms. The van der Waals surface area contributed by atoms with Gasteiger partial charge in [0.15, 0.2) is 17.0 Å². The van der Waals surface area contributed by atoms with Crippen molar-refractivity contribution in [2.75, 3.05) is 7.11 Å². The van der Waals surface area contributed by atoms with E-state index in [1.165, 1.54) is 36.2 Å². The maximum Gasteiger partial charge on any atom is 0.387 e. The lowest BCUT2D eigenvalue weighted by Gasteiger charge is -2.11. The monoisotopic (exact) mass is 322 g/mol. The minimum Gasteiger partial charge on any atom is -0.493 e. The highest BCUT2D eigenvalue weighted by Crippen LogP contribution is 2.32. The maximum atomic E-state index is 12.3. The number of rotatable bonds is 4. The van der Waals surface area contributed by atoms with Gasteiger partial charge in [-0.25, -0.2) is 4.98 Å². The summed E-state index contributed by atoms with van der Waals surface area (Å²) in [6, 6.07) is 4.28. The van der Waals surface area contributed by atoms with Gasteiger partial charge in [-0.05, 0) is 18.2 Å². The molecule has 0 unspecified atom stereocenters. The van der Waals surface area contributed by atoms with E-state index in [2.05, 4.69) is 19.8 Å². The van der Waals surface area contributed by atoms with Gasteiger partial charge in [0.1, 0.15) is 11.3 Å². The van der Waals surface area contributed by atoms with Crippen molar-refractivity contribution in [3.63, 3.8) is 0 Å². The van der Waals surface area contributed by atoms with Gasteiger partial charge < -0.3 is 14.5 Å². The molecule has 7 nitrogen and oxygen atoms in total. The SMILES string of the molecule is COc1cc(-c2nc3cnn(C)c3c(=O)[nH]2)ccc1OC(F)F. The Hall–Kier alpha value is -2.97. The van der Waals surface area contributed by atoms with Crippen molar-refractivity contribution in [1.29, 1.82) is 0 Å². The molecule has 9 heteroatoms. The van der Waals surface area contributed by atoms with Crippen LogP contribution in [-0.4, -0.2) is 33.5 Å². The molecule has 23 heavy (non-hydrogen) atoms. The number of H-pyrrole nitrogens is 1. The van der Waals surface area contributed by atoms with Crippen LogP contribution in [0.4, 0.5) is 8.78 Å². The first-order valence-corrected chi connectivity index (χ1v) is 6.55. The summed E-state index contributed by atoms with van der Waals surface area (Å²) in [5, 5.41) is 3.98. The molecule has 0 aliphatic rings. The quantitative estimate of drug-likeness (QED) is 0.794. The molecular weight excluding hydrogens is 310 g/mol. The number of benzene rings is 1. The van der Waals surface area contributed by atoms with E-state index in [0.29, 0.717) is 16.6 Å². The molecule has 3 aromatic rings. The average molecular weight is 322 g/mol. The lowest BCUT2D eigenvalue weighted by Crippen LogP contribution is -2.12. The lowest BCUT2D eigenvalue weighted by atomic mass is 10.2. The molecule has 0 fully saturated rings. The zero-order valence-corrected chi connectivity index (χ0v) is 12.2. The van der Waals surface area contributed by atoms with Gasteiger partial charge in [-0.15, -0.1) is 0 Å². The first kappa shape index (κ1) is 14.9. The molecule has 1 aromatic carbocycles. The molecule has 0 aliphatic heterocycles. The maximum absolute atomic E-state index is 12.3. The first-order chi connectivity index (χ1) is 11.0. The molecule has 1 N–H and O–H groups in total. The zero-order chi connectivity index (χ0) is 16.6. The van der Waals surface area contributed by atoms with E-state index in [9.17, 15) is 13.6 Å². The second-order valence-corrected chi connectivity index (χ2v) is 4.66. The minimum absolute atomic E-state index is 0.101. The smallest absolute Gasteiger partial charge is 0.387 e. The number of hydrogen-bond donors (Lipinski definition) is 1. The van der Waals surface area contributed by atoms with Crippen LogP contribution in [0.5, 0.6) is 11.5 Å². The van der Waals surface area contributed by atoms with E-state index < -0.39 is 6.61 Å². The molecular formula is C14H12F2N4O3. The summed E-state index contributed by atoms with van der Waals surface area (Å²) in [4.78, 5) is 19.1. The number of alkyl halides is 2. The van der Waals surface area contributed by atoms with Crippen molar-refractivity contribution >= 4 is 11.0 Å². The molecule has 0 saturated carbocycles. The zero-order valence-electron chi connectivity index (χ0n) is 12.2. The standard InChI is InChI=1S/C14H12F2N4O3/c1-20-11-8(6-17-20)18-12(19-13(11)21)7-3-4-9(23-14(15)16)10(5-7)22-2/h3-6,14H,1-2H3,(H,18,19,21). The topological polar surface area (TPSA) is 82.0 Å². The lowest BCUT2D eigenvalue weighted by molar-refractivity contribution is -0.0512. The normalized spacial score (nSPS) is 11.2. The third-order valence-electron chi connectivity index (χ3n) is 3.25. The van der Waals surface area contributed by atoms with Crippen LogP contribution in [-0.2, 0) is 7.05 Å². The highest BCUT2D eigenvalue weighted by atomic mass is 19.3. The van der Waals surface area contributed by atoms with E-state index in [1.54, 1.807) is 7.05 Å². The molecule has 0 amide bonds. The Bertz CT molecular complexity index is 920. The predicted molar refractivity (Wildman–Crippen MR) is 77.7 cm³/mol. The van der Waals surface area contributed by atoms with Gasteiger partial charge in [0.25, 0.3) is 5.56 Å². The highest BCUT2D eigenvalue weighted by Gasteiger charge is 2.14. The van der Waals surface area contributed by atoms with Crippen LogP contribution in [0.1, 0.15) is 0 Å². The van der Waals surface area contributed by atoms with Crippen molar-refractivity contribution in [3.05, 3.63) is 34.7 Å². The summed E-state index contributed by atoms with van der Waals surface area (Å²) in [7, 11) is 2.97. The molecule has 2 heterocycles. The molecule has 0 aliphatic carbocycles. The second kappa shape index (κ2) is 5.67. The van der Waals surface area contributed by atoms with Gasteiger partial charge in [0.2, 0.25) is 0 Å². The summed E-state index contributed by atoms with van der Waals surface area (Å²) < 4.78 is 35.5. The summed E-state index contributed by atoms with van der Waals surface area (Å²) >= 11 is 0. The van der Waals surface area contributed by atoms with Gasteiger partial charge in [-0.1, -0.05) is 0 Å². The third kappa shape index (κ3) is 2.72.